The second-order valence-corrected chi connectivity index (χ2v) is 8.47. The average Bonchev–Trinajstić information content (AvgIpc) is 3.04. The minimum Gasteiger partial charge on any atom is -1.00 e. The summed E-state index contributed by atoms with van der Waals surface area (Å²) in [6.07, 6.45) is 16.0. The molecule has 0 aliphatic heterocycles. The zero-order valence-electron chi connectivity index (χ0n) is 10.8. The molecule has 1 aromatic carbocycles. The third-order valence-electron chi connectivity index (χ3n) is 3.25. The molecule has 2 aliphatic rings. The van der Waals surface area contributed by atoms with Gasteiger partial charge in [0.2, 0.25) is 0 Å². The fraction of sp³-hybridized carbons (Fsp3) is 0.125. The van der Waals surface area contributed by atoms with Gasteiger partial charge in [0.25, 0.3) is 0 Å². The molecule has 2 aliphatic carbocycles. The van der Waals surface area contributed by atoms with E-state index in [4.69, 9.17) is 0 Å². The van der Waals surface area contributed by atoms with Gasteiger partial charge in [-0.1, -0.05) is 0 Å². The summed E-state index contributed by atoms with van der Waals surface area (Å²) in [4.78, 5) is 0. The first kappa shape index (κ1) is 11.0. The van der Waals surface area contributed by atoms with Crippen LogP contribution in [0.3, 0.4) is 0 Å². The van der Waals surface area contributed by atoms with Gasteiger partial charge < -0.3 is 1.43 Å². The van der Waals surface area contributed by atoms with Crippen LogP contribution in [-0.4, -0.2) is 0 Å². The first-order valence-electron chi connectivity index (χ1n) is 6.09. The Bertz CT molecular complexity index is 493. The van der Waals surface area contributed by atoms with E-state index in [1.54, 1.807) is 11.6 Å². The van der Waals surface area contributed by atoms with Gasteiger partial charge in [0.1, 0.15) is 0 Å². The maximum atomic E-state index is 2.35. The van der Waals surface area contributed by atoms with Crippen LogP contribution >= 0.6 is 0 Å². The number of rotatable bonds is 3. The Labute approximate surface area is 110 Å². The molecule has 3 rings (SSSR count). The molecular weight excluding hydrogens is 240 g/mol. The van der Waals surface area contributed by atoms with Crippen molar-refractivity contribution in [3.05, 3.63) is 74.5 Å². The SMILES string of the molecule is C1=CC[C]([Ti+]([C]2=CC=CC2)[c]2ccccc2)=C1.[H-]. The molecule has 0 spiro atoms. The Kier molecular flexibility index (Phi) is 3.26. The van der Waals surface area contributed by atoms with Crippen molar-refractivity contribution in [1.29, 1.82) is 0 Å². The van der Waals surface area contributed by atoms with Gasteiger partial charge in [0.15, 0.2) is 0 Å². The molecule has 0 aromatic heterocycles. The summed E-state index contributed by atoms with van der Waals surface area (Å²) in [5, 5.41) is 0. The molecule has 0 amide bonds. The van der Waals surface area contributed by atoms with Gasteiger partial charge in [-0.25, -0.2) is 0 Å². The van der Waals surface area contributed by atoms with Crippen LogP contribution in [0.4, 0.5) is 0 Å². The van der Waals surface area contributed by atoms with E-state index in [9.17, 15) is 0 Å². The number of benzene rings is 1. The predicted octanol–water partition coefficient (Wildman–Crippen LogP) is 3.73. The molecule has 0 atom stereocenters. The predicted molar refractivity (Wildman–Crippen MR) is 70.9 cm³/mol. The first-order valence-corrected chi connectivity index (χ1v) is 8.44. The largest absolute Gasteiger partial charge is 1.00 e. The zero-order valence-corrected chi connectivity index (χ0v) is 11.3. The van der Waals surface area contributed by atoms with Crippen LogP contribution in [0.5, 0.6) is 0 Å². The molecule has 17 heavy (non-hydrogen) atoms. The summed E-state index contributed by atoms with van der Waals surface area (Å²) in [5.74, 6) is 0. The van der Waals surface area contributed by atoms with Crippen molar-refractivity contribution in [1.82, 2.24) is 0 Å². The van der Waals surface area contributed by atoms with Gasteiger partial charge in [-0.2, -0.15) is 0 Å². The van der Waals surface area contributed by atoms with Crippen LogP contribution in [0.2, 0.25) is 0 Å². The van der Waals surface area contributed by atoms with Gasteiger partial charge in [0.05, 0.1) is 0 Å². The molecular formula is C16H16Ti. The van der Waals surface area contributed by atoms with Crippen molar-refractivity contribution >= 4 is 3.87 Å². The molecule has 1 heteroatoms. The maximum Gasteiger partial charge on any atom is -1.00 e. The van der Waals surface area contributed by atoms with Gasteiger partial charge >= 0.3 is 109 Å². The Balaban J connectivity index is 0.00000120. The van der Waals surface area contributed by atoms with Gasteiger partial charge in [0, 0.05) is 0 Å². The van der Waals surface area contributed by atoms with Crippen molar-refractivity contribution in [2.75, 3.05) is 0 Å². The van der Waals surface area contributed by atoms with E-state index in [1.165, 1.54) is 12.8 Å². The van der Waals surface area contributed by atoms with Crippen LogP contribution in [0.1, 0.15) is 14.3 Å². The van der Waals surface area contributed by atoms with Gasteiger partial charge in [-0.15, -0.1) is 0 Å². The van der Waals surface area contributed by atoms with Gasteiger partial charge in [-0.05, 0) is 0 Å². The molecule has 0 nitrogen and oxygen atoms in total. The molecule has 0 bridgehead atoms. The number of allylic oxidation sites excluding steroid dienone is 8. The van der Waals surface area contributed by atoms with Crippen molar-refractivity contribution in [2.24, 2.45) is 0 Å². The second kappa shape index (κ2) is 5.04. The monoisotopic (exact) mass is 256 g/mol. The Morgan fingerprint density at radius 2 is 1.41 bits per heavy atom. The quantitative estimate of drug-likeness (QED) is 0.723. The maximum absolute atomic E-state index is 2.35. The van der Waals surface area contributed by atoms with E-state index >= 15 is 0 Å². The molecule has 0 fully saturated rings. The van der Waals surface area contributed by atoms with Crippen molar-refractivity contribution < 1.29 is 19.3 Å². The Hall–Kier alpha value is -1.11. The number of hydrogen-bond acceptors (Lipinski definition) is 0. The van der Waals surface area contributed by atoms with Crippen LogP contribution < -0.4 is 3.87 Å². The molecule has 0 unspecified atom stereocenters. The number of hydrogen-bond donors (Lipinski definition) is 0. The van der Waals surface area contributed by atoms with Gasteiger partial charge in [-0.3, -0.25) is 0 Å². The fourth-order valence-electron chi connectivity index (χ4n) is 2.45. The van der Waals surface area contributed by atoms with E-state index in [-0.39, 0.29) is 1.43 Å². The van der Waals surface area contributed by atoms with E-state index in [2.05, 4.69) is 66.8 Å². The second-order valence-electron chi connectivity index (χ2n) is 4.39. The fourth-order valence-corrected chi connectivity index (χ4v) is 6.90. The topological polar surface area (TPSA) is 0 Å². The summed E-state index contributed by atoms with van der Waals surface area (Å²) in [6, 6.07) is 11.1. The third kappa shape index (κ3) is 2.29. The molecule has 0 heterocycles. The smallest absolute Gasteiger partial charge is 1.00 e. The molecule has 0 N–H and O–H groups in total. The minimum atomic E-state index is -1.41. The third-order valence-corrected chi connectivity index (χ3v) is 7.83. The summed E-state index contributed by atoms with van der Waals surface area (Å²) in [5.41, 5.74) is 0. The van der Waals surface area contributed by atoms with Crippen molar-refractivity contribution in [2.45, 2.75) is 12.8 Å². The standard InChI is InChI=1S/C6H5.2C5H5.Ti.H/c1-2-4-6-5-3-1;2*1-2-4-5-3-1;;/h1-5H;2*1-3H,4H2;;/q;;;+1;-1. The van der Waals surface area contributed by atoms with E-state index < -0.39 is 17.9 Å². The van der Waals surface area contributed by atoms with E-state index in [0.29, 0.717) is 0 Å². The first-order chi connectivity index (χ1) is 8.45. The summed E-state index contributed by atoms with van der Waals surface area (Å²) >= 11 is -1.41. The normalized spacial score (nSPS) is 17.2. The van der Waals surface area contributed by atoms with Crippen molar-refractivity contribution in [3.63, 3.8) is 0 Å². The summed E-state index contributed by atoms with van der Waals surface area (Å²) < 4.78 is 4.95. The minimum absolute atomic E-state index is 0. The molecule has 0 radical (unpaired) electrons. The van der Waals surface area contributed by atoms with E-state index in [1.807, 2.05) is 0 Å². The average molecular weight is 256 g/mol. The van der Waals surface area contributed by atoms with Crippen LogP contribution in [0.15, 0.2) is 74.5 Å². The van der Waals surface area contributed by atoms with Crippen molar-refractivity contribution in [3.8, 4) is 0 Å². The van der Waals surface area contributed by atoms with Crippen LogP contribution in [-0.2, 0) is 17.9 Å². The summed E-state index contributed by atoms with van der Waals surface area (Å²) in [7, 11) is 0. The van der Waals surface area contributed by atoms with Crippen LogP contribution in [0.25, 0.3) is 0 Å². The zero-order chi connectivity index (χ0) is 11.5. The van der Waals surface area contributed by atoms with E-state index in [0.717, 1.165) is 0 Å². The van der Waals surface area contributed by atoms with Crippen LogP contribution in [0, 0.1) is 0 Å². The molecule has 0 saturated carbocycles. The molecule has 0 saturated heterocycles. The Morgan fingerprint density at radius 3 is 1.88 bits per heavy atom. The Morgan fingerprint density at radius 1 is 0.824 bits per heavy atom. The molecule has 84 valence electrons. The molecule has 1 aromatic rings. The summed E-state index contributed by atoms with van der Waals surface area (Å²) in [6.45, 7) is 0.